The van der Waals surface area contributed by atoms with Crippen LogP contribution in [0.3, 0.4) is 0 Å². The van der Waals surface area contributed by atoms with E-state index in [0.29, 0.717) is 11.3 Å². The molecular formula is C17H30N2O2. The van der Waals surface area contributed by atoms with Gasteiger partial charge in [-0.3, -0.25) is 9.69 Å². The molecule has 0 aliphatic carbocycles. The Hall–Kier alpha value is -0.610. The molecule has 0 saturated carbocycles. The van der Waals surface area contributed by atoms with Gasteiger partial charge in [-0.1, -0.05) is 12.8 Å². The van der Waals surface area contributed by atoms with Crippen molar-refractivity contribution in [1.82, 2.24) is 9.80 Å². The second-order valence-electron chi connectivity index (χ2n) is 7.32. The zero-order valence-electron chi connectivity index (χ0n) is 13.5. The standard InChI is InChI=1S/C17H30N2O2/c1-18-10-4-2-3-6-15(18)16(20)19-11-5-7-17(14-19)8-12-21-13-9-17/h15H,2-14H2,1H3. The minimum atomic E-state index is 0.127. The lowest BCUT2D eigenvalue weighted by Crippen LogP contribution is -2.53. The Morgan fingerprint density at radius 1 is 1.05 bits per heavy atom. The van der Waals surface area contributed by atoms with Crippen LogP contribution in [-0.2, 0) is 9.53 Å². The lowest BCUT2D eigenvalue weighted by atomic mass is 9.74. The van der Waals surface area contributed by atoms with Gasteiger partial charge in [0.05, 0.1) is 6.04 Å². The fourth-order valence-electron chi connectivity index (χ4n) is 4.38. The summed E-state index contributed by atoms with van der Waals surface area (Å²) in [5, 5.41) is 0. The molecule has 0 N–H and O–H groups in total. The maximum atomic E-state index is 13.0. The van der Waals surface area contributed by atoms with Gasteiger partial charge in [-0.25, -0.2) is 0 Å². The van der Waals surface area contributed by atoms with Gasteiger partial charge in [-0.2, -0.15) is 0 Å². The number of hydrogen-bond donors (Lipinski definition) is 0. The first-order chi connectivity index (χ1) is 10.2. The minimum absolute atomic E-state index is 0.127. The largest absolute Gasteiger partial charge is 0.381 e. The maximum absolute atomic E-state index is 13.0. The molecule has 0 aromatic carbocycles. The predicted octanol–water partition coefficient (Wildman–Crippen LogP) is 2.28. The lowest BCUT2D eigenvalue weighted by Gasteiger charge is -2.46. The topological polar surface area (TPSA) is 32.8 Å². The number of amides is 1. The molecule has 1 amide bonds. The van der Waals surface area contributed by atoms with E-state index in [2.05, 4.69) is 16.8 Å². The summed E-state index contributed by atoms with van der Waals surface area (Å²) in [6.07, 6.45) is 9.48. The van der Waals surface area contributed by atoms with Gasteiger partial charge >= 0.3 is 0 Å². The molecular weight excluding hydrogens is 264 g/mol. The zero-order chi connectivity index (χ0) is 14.7. The van der Waals surface area contributed by atoms with Crippen LogP contribution in [0.15, 0.2) is 0 Å². The number of rotatable bonds is 1. The van der Waals surface area contributed by atoms with E-state index in [1.54, 1.807) is 0 Å². The molecule has 0 bridgehead atoms. The summed E-state index contributed by atoms with van der Waals surface area (Å²) in [7, 11) is 2.13. The van der Waals surface area contributed by atoms with Crippen molar-refractivity contribution >= 4 is 5.91 Å². The summed E-state index contributed by atoms with van der Waals surface area (Å²) in [5.41, 5.74) is 0.357. The number of nitrogens with zero attached hydrogens (tertiary/aromatic N) is 2. The number of likely N-dealkylation sites (N-methyl/N-ethyl adjacent to an activating group) is 1. The van der Waals surface area contributed by atoms with Crippen LogP contribution < -0.4 is 0 Å². The number of carbonyl (C=O) groups is 1. The quantitative estimate of drug-likeness (QED) is 0.744. The number of hydrogen-bond acceptors (Lipinski definition) is 3. The number of ether oxygens (including phenoxy) is 1. The zero-order valence-corrected chi connectivity index (χ0v) is 13.5. The Morgan fingerprint density at radius 2 is 1.86 bits per heavy atom. The summed E-state index contributed by atoms with van der Waals surface area (Å²) in [4.78, 5) is 17.5. The van der Waals surface area contributed by atoms with Gasteiger partial charge in [-0.15, -0.1) is 0 Å². The van der Waals surface area contributed by atoms with Crippen LogP contribution in [0.5, 0.6) is 0 Å². The predicted molar refractivity (Wildman–Crippen MR) is 83.2 cm³/mol. The van der Waals surface area contributed by atoms with E-state index < -0.39 is 0 Å². The van der Waals surface area contributed by atoms with E-state index in [1.807, 2.05) is 0 Å². The Balaban J connectivity index is 1.65. The molecule has 0 radical (unpaired) electrons. The normalized spacial score (nSPS) is 31.1. The third kappa shape index (κ3) is 3.42. The van der Waals surface area contributed by atoms with Crippen LogP contribution in [0.4, 0.5) is 0 Å². The first-order valence-corrected chi connectivity index (χ1v) is 8.77. The van der Waals surface area contributed by atoms with E-state index >= 15 is 0 Å². The van der Waals surface area contributed by atoms with E-state index in [1.165, 1.54) is 32.1 Å². The molecule has 1 atom stereocenters. The van der Waals surface area contributed by atoms with Crippen molar-refractivity contribution in [1.29, 1.82) is 0 Å². The van der Waals surface area contributed by atoms with Gasteiger partial charge in [0.25, 0.3) is 0 Å². The first kappa shape index (κ1) is 15.3. The highest BCUT2D eigenvalue weighted by molar-refractivity contribution is 5.82. The van der Waals surface area contributed by atoms with Gasteiger partial charge in [-0.05, 0) is 57.5 Å². The third-order valence-corrected chi connectivity index (χ3v) is 5.83. The van der Waals surface area contributed by atoms with Gasteiger partial charge in [0.2, 0.25) is 5.91 Å². The molecule has 1 spiro atoms. The summed E-state index contributed by atoms with van der Waals surface area (Å²) in [5.74, 6) is 0.393. The van der Waals surface area contributed by atoms with Crippen LogP contribution in [0.1, 0.15) is 51.4 Å². The highest BCUT2D eigenvalue weighted by atomic mass is 16.5. The number of piperidine rings is 1. The van der Waals surface area contributed by atoms with Crippen LogP contribution in [0.2, 0.25) is 0 Å². The van der Waals surface area contributed by atoms with Gasteiger partial charge in [0.1, 0.15) is 0 Å². The maximum Gasteiger partial charge on any atom is 0.239 e. The van der Waals surface area contributed by atoms with Crippen molar-refractivity contribution < 1.29 is 9.53 Å². The molecule has 4 nitrogen and oxygen atoms in total. The smallest absolute Gasteiger partial charge is 0.239 e. The molecule has 3 fully saturated rings. The molecule has 120 valence electrons. The summed E-state index contributed by atoms with van der Waals surface area (Å²) in [6, 6.07) is 0.127. The highest BCUT2D eigenvalue weighted by Crippen LogP contribution is 2.39. The van der Waals surface area contributed by atoms with Crippen LogP contribution >= 0.6 is 0 Å². The molecule has 3 saturated heterocycles. The molecule has 3 aliphatic rings. The van der Waals surface area contributed by atoms with E-state index in [-0.39, 0.29) is 6.04 Å². The highest BCUT2D eigenvalue weighted by Gasteiger charge is 2.40. The SMILES string of the molecule is CN1CCCCCC1C(=O)N1CCCC2(CCOCC2)C1. The molecule has 3 aliphatic heterocycles. The fourth-order valence-corrected chi connectivity index (χ4v) is 4.38. The van der Waals surface area contributed by atoms with Crippen molar-refractivity contribution in [3.05, 3.63) is 0 Å². The fraction of sp³-hybridized carbons (Fsp3) is 0.941. The van der Waals surface area contributed by atoms with E-state index in [4.69, 9.17) is 4.74 Å². The second kappa shape index (κ2) is 6.66. The Kier molecular flexibility index (Phi) is 4.85. The van der Waals surface area contributed by atoms with E-state index in [9.17, 15) is 4.79 Å². The van der Waals surface area contributed by atoms with Gasteiger partial charge in [0, 0.05) is 26.3 Å². The Labute approximate surface area is 128 Å². The summed E-state index contributed by atoms with van der Waals surface area (Å²) in [6.45, 7) is 4.77. The molecule has 3 rings (SSSR count). The Bertz CT molecular complexity index is 360. The van der Waals surface area contributed by atoms with Crippen LogP contribution in [0, 0.1) is 5.41 Å². The molecule has 1 unspecified atom stereocenters. The summed E-state index contributed by atoms with van der Waals surface area (Å²) < 4.78 is 5.53. The number of likely N-dealkylation sites (tertiary alicyclic amines) is 2. The van der Waals surface area contributed by atoms with Crippen molar-refractivity contribution in [2.24, 2.45) is 5.41 Å². The molecule has 3 heterocycles. The Morgan fingerprint density at radius 3 is 2.67 bits per heavy atom. The van der Waals surface area contributed by atoms with Crippen molar-refractivity contribution in [2.75, 3.05) is 39.9 Å². The average molecular weight is 294 g/mol. The monoisotopic (exact) mass is 294 g/mol. The van der Waals surface area contributed by atoms with Crippen molar-refractivity contribution in [3.63, 3.8) is 0 Å². The lowest BCUT2D eigenvalue weighted by molar-refractivity contribution is -0.142. The third-order valence-electron chi connectivity index (χ3n) is 5.83. The molecule has 4 heteroatoms. The minimum Gasteiger partial charge on any atom is -0.381 e. The molecule has 0 aromatic rings. The summed E-state index contributed by atoms with van der Waals surface area (Å²) >= 11 is 0. The second-order valence-corrected chi connectivity index (χ2v) is 7.32. The molecule has 0 aromatic heterocycles. The molecule has 21 heavy (non-hydrogen) atoms. The van der Waals surface area contributed by atoms with Crippen LogP contribution in [0.25, 0.3) is 0 Å². The average Bonchev–Trinajstić information content (AvgIpc) is 2.72. The van der Waals surface area contributed by atoms with Gasteiger partial charge < -0.3 is 9.64 Å². The van der Waals surface area contributed by atoms with Crippen molar-refractivity contribution in [3.8, 4) is 0 Å². The number of carbonyl (C=O) groups excluding carboxylic acids is 1. The van der Waals surface area contributed by atoms with Gasteiger partial charge in [0.15, 0.2) is 0 Å². The van der Waals surface area contributed by atoms with E-state index in [0.717, 1.165) is 52.1 Å². The van der Waals surface area contributed by atoms with Crippen molar-refractivity contribution in [2.45, 2.75) is 57.4 Å². The van der Waals surface area contributed by atoms with Crippen LogP contribution in [-0.4, -0.2) is 61.6 Å². The first-order valence-electron chi connectivity index (χ1n) is 8.77.